The van der Waals surface area contributed by atoms with Crippen molar-refractivity contribution in [2.45, 2.75) is 24.5 Å². The lowest BCUT2D eigenvalue weighted by Crippen LogP contribution is -2.38. The monoisotopic (exact) mass is 432 g/mol. The predicted octanol–water partition coefficient (Wildman–Crippen LogP) is -2.50. The van der Waals surface area contributed by atoms with Gasteiger partial charge in [-0.1, -0.05) is 0 Å². The summed E-state index contributed by atoms with van der Waals surface area (Å²) in [5, 5.41) is 20.1. The number of H-pyrrole nitrogens is 1. The summed E-state index contributed by atoms with van der Waals surface area (Å²) in [5.74, 6) is -1.72. The van der Waals surface area contributed by atoms with Gasteiger partial charge in [0, 0.05) is 0 Å². The van der Waals surface area contributed by atoms with E-state index < -0.39 is 63.5 Å². The number of ether oxygens (including phenoxy) is 2. The number of nitrogens with zero attached hydrogens (tertiary/aromatic N) is 1. The van der Waals surface area contributed by atoms with Crippen molar-refractivity contribution in [1.29, 1.82) is 0 Å². The number of nitrogens with one attached hydrogen (secondary N) is 1. The summed E-state index contributed by atoms with van der Waals surface area (Å²) in [5.41, 5.74) is -1.81. The minimum Gasteiger partial charge on any atom is -0.490 e. The van der Waals surface area contributed by atoms with Crippen LogP contribution in [0.5, 0.6) is 5.75 Å². The van der Waals surface area contributed by atoms with Crippen molar-refractivity contribution in [2.24, 2.45) is 0 Å². The lowest BCUT2D eigenvalue weighted by atomic mass is 10.1. The zero-order valence-electron chi connectivity index (χ0n) is 13.7. The third kappa shape index (κ3) is 5.35. The second kappa shape index (κ2) is 7.95. The number of methoxy groups -OCH3 is 1. The molecule has 0 bridgehead atoms. The smallest absolute Gasteiger partial charge is 0.340 e. The minimum atomic E-state index is -4.84. The number of aliphatic hydroxyl groups is 2. The summed E-state index contributed by atoms with van der Waals surface area (Å²) < 4.78 is 37.7. The summed E-state index contributed by atoms with van der Waals surface area (Å²) in [7, 11) is -8.38. The molecule has 27 heavy (non-hydrogen) atoms. The van der Waals surface area contributed by atoms with Gasteiger partial charge in [-0.05, 0) is 0 Å². The maximum absolute atomic E-state index is 11.9. The van der Waals surface area contributed by atoms with Gasteiger partial charge in [0.15, 0.2) is 12.1 Å². The van der Waals surface area contributed by atoms with E-state index in [4.69, 9.17) is 19.3 Å². The standard InChI is InChI=1S/C11H18N2O12P2/c1-23-5-2-13(11(17)12-9(5)16)10-8(15)7(14)6(25-10)3-24-27(21,22)4-26(18,19)20/h2,6-8,10,14-15H,3-4H2,1H3,(H,21,22)(H,12,16,17)(H2,18,19,20)/t6-,7-,8-,10-/m1/s1. The number of aliphatic hydroxyl groups excluding tert-OH is 2. The van der Waals surface area contributed by atoms with Crippen LogP contribution in [0.1, 0.15) is 6.23 Å². The molecule has 1 aromatic rings. The summed E-state index contributed by atoms with van der Waals surface area (Å²) in [4.78, 5) is 52.2. The van der Waals surface area contributed by atoms with Gasteiger partial charge in [0.2, 0.25) is 5.75 Å². The highest BCUT2D eigenvalue weighted by atomic mass is 31.2. The Morgan fingerprint density at radius 2 is 1.85 bits per heavy atom. The maximum Gasteiger partial charge on any atom is 0.340 e. The van der Waals surface area contributed by atoms with Gasteiger partial charge in [0.25, 0.3) is 5.56 Å². The molecular weight excluding hydrogens is 414 g/mol. The van der Waals surface area contributed by atoms with Crippen molar-refractivity contribution in [3.05, 3.63) is 27.0 Å². The Labute approximate surface area is 150 Å². The lowest BCUT2D eigenvalue weighted by Gasteiger charge is -2.18. The molecule has 154 valence electrons. The van der Waals surface area contributed by atoms with Gasteiger partial charge in [0.1, 0.15) is 18.3 Å². The van der Waals surface area contributed by atoms with E-state index >= 15 is 0 Å². The molecule has 1 fully saturated rings. The molecule has 16 heteroatoms. The Balaban J connectivity index is 2.17. The van der Waals surface area contributed by atoms with Crippen LogP contribution in [0.4, 0.5) is 0 Å². The minimum absolute atomic E-state index is 0.277. The van der Waals surface area contributed by atoms with Crippen molar-refractivity contribution >= 4 is 15.2 Å². The first-order valence-electron chi connectivity index (χ1n) is 7.26. The maximum atomic E-state index is 11.9. The molecule has 1 aliphatic rings. The lowest BCUT2D eigenvalue weighted by molar-refractivity contribution is -0.0527. The zero-order valence-corrected chi connectivity index (χ0v) is 15.5. The number of rotatable bonds is 7. The normalized spacial score (nSPS) is 28.1. The van der Waals surface area contributed by atoms with E-state index in [2.05, 4.69) is 4.52 Å². The largest absolute Gasteiger partial charge is 0.490 e. The number of hydrogen-bond acceptors (Lipinski definition) is 9. The molecule has 2 heterocycles. The highest BCUT2D eigenvalue weighted by Crippen LogP contribution is 2.55. The van der Waals surface area contributed by atoms with Crippen LogP contribution < -0.4 is 16.0 Å². The van der Waals surface area contributed by atoms with Crippen LogP contribution in [0.3, 0.4) is 0 Å². The van der Waals surface area contributed by atoms with E-state index in [0.29, 0.717) is 0 Å². The van der Waals surface area contributed by atoms with Gasteiger partial charge in [-0.3, -0.25) is 23.5 Å². The molecule has 14 nitrogen and oxygen atoms in total. The molecule has 0 aromatic carbocycles. The van der Waals surface area contributed by atoms with E-state index in [1.54, 1.807) is 0 Å². The zero-order chi connectivity index (χ0) is 20.6. The van der Waals surface area contributed by atoms with Crippen LogP contribution in [0.25, 0.3) is 0 Å². The third-order valence-electron chi connectivity index (χ3n) is 3.57. The molecule has 0 spiro atoms. The predicted molar refractivity (Wildman–Crippen MR) is 86.5 cm³/mol. The first kappa shape index (κ1) is 22.0. The second-order valence-electron chi connectivity index (χ2n) is 5.65. The molecule has 5 atom stereocenters. The summed E-state index contributed by atoms with van der Waals surface area (Å²) in [6.45, 7) is -0.808. The Bertz CT molecular complexity index is 890. The SMILES string of the molecule is COc1cn([C@@H]2O[C@H](COP(=O)(O)CP(=O)(O)O)[C@@H](O)[C@H]2O)c(=O)[nH]c1=O. The van der Waals surface area contributed by atoms with Gasteiger partial charge < -0.3 is 38.9 Å². The van der Waals surface area contributed by atoms with Gasteiger partial charge >= 0.3 is 20.9 Å². The summed E-state index contributed by atoms with van der Waals surface area (Å²) >= 11 is 0. The van der Waals surface area contributed by atoms with Crippen molar-refractivity contribution in [2.75, 3.05) is 19.6 Å². The van der Waals surface area contributed by atoms with E-state index in [-0.39, 0.29) is 5.75 Å². The Morgan fingerprint density at radius 3 is 2.41 bits per heavy atom. The average Bonchev–Trinajstić information content (AvgIpc) is 2.79. The van der Waals surface area contributed by atoms with Crippen molar-refractivity contribution in [3.63, 3.8) is 0 Å². The molecule has 0 aliphatic carbocycles. The van der Waals surface area contributed by atoms with E-state index in [1.807, 2.05) is 4.98 Å². The Morgan fingerprint density at radius 1 is 1.22 bits per heavy atom. The van der Waals surface area contributed by atoms with E-state index in [0.717, 1.165) is 17.9 Å². The van der Waals surface area contributed by atoms with E-state index in [9.17, 15) is 33.8 Å². The average molecular weight is 432 g/mol. The van der Waals surface area contributed by atoms with Crippen LogP contribution in [0.15, 0.2) is 15.8 Å². The van der Waals surface area contributed by atoms with Crippen molar-refractivity contribution < 1.29 is 48.0 Å². The molecule has 1 unspecified atom stereocenters. The van der Waals surface area contributed by atoms with Gasteiger partial charge in [-0.25, -0.2) is 4.79 Å². The Hall–Kier alpha value is -1.34. The molecule has 0 radical (unpaired) electrons. The molecule has 1 saturated heterocycles. The van der Waals surface area contributed by atoms with Crippen LogP contribution in [-0.2, 0) is 18.4 Å². The Kier molecular flexibility index (Phi) is 6.47. The highest BCUT2D eigenvalue weighted by Gasteiger charge is 2.45. The molecular formula is C11H18N2O12P2. The molecule has 1 aliphatic heterocycles. The van der Waals surface area contributed by atoms with Crippen LogP contribution in [0.2, 0.25) is 0 Å². The van der Waals surface area contributed by atoms with Gasteiger partial charge in [-0.15, -0.1) is 0 Å². The summed E-state index contributed by atoms with van der Waals surface area (Å²) in [6, 6.07) is 0. The topological polar surface area (TPSA) is 218 Å². The van der Waals surface area contributed by atoms with Crippen LogP contribution in [0, 0.1) is 0 Å². The molecule has 0 amide bonds. The third-order valence-corrected chi connectivity index (χ3v) is 7.03. The number of hydrogen-bond donors (Lipinski definition) is 6. The fraction of sp³-hybridized carbons (Fsp3) is 0.636. The fourth-order valence-electron chi connectivity index (χ4n) is 2.36. The number of aromatic amines is 1. The van der Waals surface area contributed by atoms with Gasteiger partial charge in [-0.2, -0.15) is 0 Å². The first-order chi connectivity index (χ1) is 12.3. The van der Waals surface area contributed by atoms with Gasteiger partial charge in [0.05, 0.1) is 19.9 Å². The summed E-state index contributed by atoms with van der Waals surface area (Å²) in [6.07, 6.45) is -5.32. The molecule has 6 N–H and O–H groups in total. The first-order valence-corrected chi connectivity index (χ1v) is 10.8. The van der Waals surface area contributed by atoms with Crippen molar-refractivity contribution in [1.82, 2.24) is 9.55 Å². The molecule has 2 rings (SSSR count). The van der Waals surface area contributed by atoms with E-state index in [1.165, 1.54) is 0 Å². The molecule has 1 aromatic heterocycles. The second-order valence-corrected chi connectivity index (χ2v) is 9.64. The van der Waals surface area contributed by atoms with Crippen LogP contribution in [-0.4, -0.2) is 72.4 Å². The van der Waals surface area contributed by atoms with Crippen LogP contribution >= 0.6 is 15.2 Å². The quantitative estimate of drug-likeness (QED) is 0.246. The molecule has 0 saturated carbocycles. The van der Waals surface area contributed by atoms with Crippen molar-refractivity contribution in [3.8, 4) is 5.75 Å². The highest BCUT2D eigenvalue weighted by molar-refractivity contribution is 7.70. The fourth-order valence-corrected chi connectivity index (χ4v) is 4.93. The number of aromatic nitrogens is 2.